The summed E-state index contributed by atoms with van der Waals surface area (Å²) < 4.78 is 31.3. The first kappa shape index (κ1) is 21.4. The average molecular weight is 437 g/mol. The monoisotopic (exact) mass is 436 g/mol. The minimum atomic E-state index is -3.34. The van der Waals surface area contributed by atoms with Crippen molar-refractivity contribution >= 4 is 21.9 Å². The number of hydrogen-bond acceptors (Lipinski definition) is 6. The lowest BCUT2D eigenvalue weighted by Crippen LogP contribution is -2.46. The number of carbonyl (C=O) groups excluding carboxylic acids is 1. The summed E-state index contributed by atoms with van der Waals surface area (Å²) in [6.07, 6.45) is 7.67. The second-order valence-corrected chi connectivity index (χ2v) is 10.6. The van der Waals surface area contributed by atoms with E-state index in [4.69, 9.17) is 4.74 Å². The molecule has 30 heavy (non-hydrogen) atoms. The first-order chi connectivity index (χ1) is 14.3. The summed E-state index contributed by atoms with van der Waals surface area (Å²) in [7, 11) is -3.34. The highest BCUT2D eigenvalue weighted by Gasteiger charge is 2.48. The molecule has 0 unspecified atom stereocenters. The van der Waals surface area contributed by atoms with Crippen molar-refractivity contribution in [3.8, 4) is 0 Å². The van der Waals surface area contributed by atoms with Crippen LogP contribution in [0.15, 0.2) is 18.3 Å². The molecule has 2 fully saturated rings. The zero-order valence-corrected chi connectivity index (χ0v) is 18.7. The van der Waals surface area contributed by atoms with Crippen LogP contribution < -0.4 is 4.31 Å². The normalized spacial score (nSPS) is 27.7. The Morgan fingerprint density at radius 2 is 2.00 bits per heavy atom. The number of hydrogen-bond donors (Lipinski definition) is 0. The third-order valence-corrected chi connectivity index (χ3v) is 8.03. The number of anilines is 1. The van der Waals surface area contributed by atoms with Crippen molar-refractivity contribution in [3.05, 3.63) is 23.9 Å². The molecule has 2 aliphatic heterocycles. The molecule has 1 aromatic heterocycles. The van der Waals surface area contributed by atoms with Gasteiger partial charge in [-0.25, -0.2) is 18.2 Å². The average Bonchev–Trinajstić information content (AvgIpc) is 2.88. The van der Waals surface area contributed by atoms with Crippen molar-refractivity contribution < 1.29 is 17.9 Å². The quantitative estimate of drug-likeness (QED) is 0.722. The summed E-state index contributed by atoms with van der Waals surface area (Å²) in [4.78, 5) is 20.8. The van der Waals surface area contributed by atoms with E-state index < -0.39 is 10.0 Å². The van der Waals surface area contributed by atoms with Crippen LogP contribution in [0.5, 0.6) is 0 Å². The molecule has 4 rings (SSSR count). The zero-order valence-electron chi connectivity index (χ0n) is 17.9. The van der Waals surface area contributed by atoms with Crippen molar-refractivity contribution in [2.24, 2.45) is 0 Å². The highest BCUT2D eigenvalue weighted by Crippen LogP contribution is 2.49. The van der Waals surface area contributed by atoms with E-state index in [1.54, 1.807) is 6.20 Å². The van der Waals surface area contributed by atoms with E-state index in [2.05, 4.69) is 16.0 Å². The van der Waals surface area contributed by atoms with Gasteiger partial charge in [0.2, 0.25) is 10.0 Å². The van der Waals surface area contributed by atoms with E-state index >= 15 is 0 Å². The lowest BCUT2D eigenvalue weighted by Gasteiger charge is -2.41. The van der Waals surface area contributed by atoms with Gasteiger partial charge in [0.15, 0.2) is 0 Å². The highest BCUT2D eigenvalue weighted by atomic mass is 32.2. The van der Waals surface area contributed by atoms with E-state index in [0.29, 0.717) is 31.6 Å². The van der Waals surface area contributed by atoms with Crippen LogP contribution in [0, 0.1) is 0 Å². The summed E-state index contributed by atoms with van der Waals surface area (Å²) >= 11 is 0. The van der Waals surface area contributed by atoms with Crippen molar-refractivity contribution in [1.29, 1.82) is 0 Å². The Bertz CT molecular complexity index is 883. The molecule has 1 saturated heterocycles. The molecule has 1 spiro atoms. The fourth-order valence-corrected chi connectivity index (χ4v) is 6.31. The fraction of sp³-hybridized carbons (Fsp3) is 0.714. The van der Waals surface area contributed by atoms with Gasteiger partial charge in [-0.2, -0.15) is 0 Å². The van der Waals surface area contributed by atoms with Crippen LogP contribution in [-0.4, -0.2) is 80.9 Å². The predicted molar refractivity (Wildman–Crippen MR) is 115 cm³/mol. The van der Waals surface area contributed by atoms with Crippen molar-refractivity contribution in [2.45, 2.75) is 50.5 Å². The number of fused-ring (bicyclic) bond motifs is 2. The predicted octanol–water partition coefficient (Wildman–Crippen LogP) is 2.21. The van der Waals surface area contributed by atoms with Crippen LogP contribution in [0.2, 0.25) is 0 Å². The zero-order chi connectivity index (χ0) is 21.4. The van der Waals surface area contributed by atoms with E-state index in [-0.39, 0.29) is 11.5 Å². The van der Waals surface area contributed by atoms with Crippen LogP contribution in [0.4, 0.5) is 10.6 Å². The lowest BCUT2D eigenvalue weighted by atomic mass is 9.69. The third-order valence-electron chi connectivity index (χ3n) is 6.93. The van der Waals surface area contributed by atoms with Gasteiger partial charge in [-0.15, -0.1) is 0 Å². The number of aromatic nitrogens is 1. The molecule has 1 saturated carbocycles. The van der Waals surface area contributed by atoms with Crippen molar-refractivity contribution in [2.75, 3.05) is 49.9 Å². The Labute approximate surface area is 179 Å². The van der Waals surface area contributed by atoms with Gasteiger partial charge in [0.05, 0.1) is 12.9 Å². The van der Waals surface area contributed by atoms with E-state index in [9.17, 15) is 13.2 Å². The van der Waals surface area contributed by atoms with E-state index in [0.717, 1.165) is 57.3 Å². The van der Waals surface area contributed by atoms with E-state index in [1.165, 1.54) is 10.6 Å². The molecule has 1 amide bonds. The summed E-state index contributed by atoms with van der Waals surface area (Å²) in [6.45, 7) is 6.04. The molecular weight excluding hydrogens is 404 g/mol. The maximum absolute atomic E-state index is 12.3. The minimum Gasteiger partial charge on any atom is -0.450 e. The SMILES string of the molecule is CCOC(=O)N1CCCN(C2CCC3(CC2)CN(S(C)(=O)=O)c2ncccc23)CC1. The molecule has 3 heterocycles. The molecule has 0 N–H and O–H groups in total. The second-order valence-electron chi connectivity index (χ2n) is 8.73. The first-order valence-corrected chi connectivity index (χ1v) is 12.8. The molecule has 166 valence electrons. The van der Waals surface area contributed by atoms with Gasteiger partial charge in [0.1, 0.15) is 5.82 Å². The molecule has 1 aromatic rings. The Balaban J connectivity index is 1.43. The van der Waals surface area contributed by atoms with Crippen LogP contribution in [0.1, 0.15) is 44.6 Å². The van der Waals surface area contributed by atoms with Gasteiger partial charge in [0, 0.05) is 55.9 Å². The Morgan fingerprint density at radius 1 is 1.23 bits per heavy atom. The number of carbonyl (C=O) groups is 1. The third kappa shape index (κ3) is 4.01. The number of sulfonamides is 1. The largest absolute Gasteiger partial charge is 0.450 e. The molecule has 0 radical (unpaired) electrons. The smallest absolute Gasteiger partial charge is 0.409 e. The number of nitrogens with zero attached hydrogens (tertiary/aromatic N) is 4. The Morgan fingerprint density at radius 3 is 2.70 bits per heavy atom. The number of amides is 1. The number of pyridine rings is 1. The summed E-state index contributed by atoms with van der Waals surface area (Å²) in [6, 6.07) is 4.44. The Hall–Kier alpha value is -1.87. The maximum Gasteiger partial charge on any atom is 0.409 e. The molecule has 9 heteroatoms. The van der Waals surface area contributed by atoms with Crippen LogP contribution >= 0.6 is 0 Å². The molecule has 1 aliphatic carbocycles. The summed E-state index contributed by atoms with van der Waals surface area (Å²) in [5.74, 6) is 0.610. The molecule has 3 aliphatic rings. The lowest BCUT2D eigenvalue weighted by molar-refractivity contribution is 0.103. The van der Waals surface area contributed by atoms with Crippen molar-refractivity contribution in [1.82, 2.24) is 14.8 Å². The summed E-state index contributed by atoms with van der Waals surface area (Å²) in [5.41, 5.74) is 0.949. The first-order valence-electron chi connectivity index (χ1n) is 10.9. The van der Waals surface area contributed by atoms with Crippen molar-refractivity contribution in [3.63, 3.8) is 0 Å². The van der Waals surface area contributed by atoms with Gasteiger partial charge >= 0.3 is 6.09 Å². The van der Waals surface area contributed by atoms with Crippen LogP contribution in [-0.2, 0) is 20.2 Å². The molecule has 0 aromatic carbocycles. The molecule has 0 bridgehead atoms. The number of rotatable bonds is 3. The molecular formula is C21H32N4O4S. The minimum absolute atomic E-state index is 0.133. The molecule has 8 nitrogen and oxygen atoms in total. The number of ether oxygens (including phenoxy) is 1. The molecule has 0 atom stereocenters. The van der Waals surface area contributed by atoms with Crippen LogP contribution in [0.25, 0.3) is 0 Å². The summed E-state index contributed by atoms with van der Waals surface area (Å²) in [5, 5.41) is 0. The Kier molecular flexibility index (Phi) is 5.94. The fourth-order valence-electron chi connectivity index (χ4n) is 5.37. The van der Waals surface area contributed by atoms with Gasteiger partial charge in [-0.05, 0) is 45.1 Å². The standard InChI is InChI=1S/C21H32N4O4S/c1-3-29-20(26)24-13-5-12-23(14-15-24)17-7-9-21(10-8-17)16-25(30(2,27)28)19-18(21)6-4-11-22-19/h4,6,11,17H,3,5,7-10,12-16H2,1-2H3. The second kappa shape index (κ2) is 8.34. The van der Waals surface area contributed by atoms with Crippen LogP contribution in [0.3, 0.4) is 0 Å². The van der Waals surface area contributed by atoms with Gasteiger partial charge in [-0.1, -0.05) is 6.07 Å². The maximum atomic E-state index is 12.3. The van der Waals surface area contributed by atoms with Gasteiger partial charge in [-0.3, -0.25) is 9.21 Å². The highest BCUT2D eigenvalue weighted by molar-refractivity contribution is 7.92. The van der Waals surface area contributed by atoms with Gasteiger partial charge in [0.25, 0.3) is 0 Å². The van der Waals surface area contributed by atoms with E-state index in [1.807, 2.05) is 17.9 Å². The van der Waals surface area contributed by atoms with Gasteiger partial charge < -0.3 is 9.64 Å². The topological polar surface area (TPSA) is 83.0 Å².